The molecule has 82 valence electrons. The summed E-state index contributed by atoms with van der Waals surface area (Å²) < 4.78 is 0. The smallest absolute Gasteiger partial charge is 0.320 e. The van der Waals surface area contributed by atoms with Gasteiger partial charge in [0.1, 0.15) is 0 Å². The third-order valence-electron chi connectivity index (χ3n) is 2.27. The molecule has 2 heterocycles. The Morgan fingerprint density at radius 3 is 3.27 bits per heavy atom. The highest BCUT2D eigenvalue weighted by atomic mass is 32.2. The summed E-state index contributed by atoms with van der Waals surface area (Å²) >= 11 is 3.34. The molecule has 0 spiro atoms. The Balaban J connectivity index is 1.95. The van der Waals surface area contributed by atoms with Gasteiger partial charge in [0.05, 0.1) is 0 Å². The second-order valence-electron chi connectivity index (χ2n) is 3.38. The molecule has 0 bridgehead atoms. The zero-order valence-electron chi connectivity index (χ0n) is 8.47. The van der Waals surface area contributed by atoms with Crippen LogP contribution in [0.4, 0.5) is 9.93 Å². The van der Waals surface area contributed by atoms with Crippen molar-refractivity contribution in [2.45, 2.75) is 13.0 Å². The number of thioether (sulfide) groups is 1. The van der Waals surface area contributed by atoms with Crippen molar-refractivity contribution in [1.29, 1.82) is 0 Å². The van der Waals surface area contributed by atoms with E-state index < -0.39 is 0 Å². The van der Waals surface area contributed by atoms with Gasteiger partial charge in [-0.25, -0.2) is 9.78 Å². The third kappa shape index (κ3) is 2.63. The Bertz CT molecular complexity index is 328. The van der Waals surface area contributed by atoms with E-state index in [4.69, 9.17) is 0 Å². The molecule has 1 aromatic heterocycles. The van der Waals surface area contributed by atoms with E-state index in [9.17, 15) is 4.79 Å². The molecule has 0 saturated carbocycles. The lowest BCUT2D eigenvalue weighted by molar-refractivity contribution is 0.200. The van der Waals surface area contributed by atoms with Crippen molar-refractivity contribution in [3.63, 3.8) is 0 Å². The Morgan fingerprint density at radius 1 is 1.73 bits per heavy atom. The van der Waals surface area contributed by atoms with Crippen LogP contribution in [0.2, 0.25) is 0 Å². The van der Waals surface area contributed by atoms with E-state index in [1.165, 1.54) is 11.3 Å². The average molecular weight is 243 g/mol. The number of rotatable bonds is 1. The molecular formula is C9H13N3OS2. The van der Waals surface area contributed by atoms with Crippen LogP contribution in [0.5, 0.6) is 0 Å². The fourth-order valence-corrected chi connectivity index (χ4v) is 3.01. The van der Waals surface area contributed by atoms with Gasteiger partial charge >= 0.3 is 6.03 Å². The number of nitrogens with zero attached hydrogens (tertiary/aromatic N) is 2. The summed E-state index contributed by atoms with van der Waals surface area (Å²) in [6.45, 7) is 2.90. The topological polar surface area (TPSA) is 45.2 Å². The highest BCUT2D eigenvalue weighted by molar-refractivity contribution is 7.99. The number of anilines is 1. The molecule has 0 aromatic carbocycles. The fraction of sp³-hybridized carbons (Fsp3) is 0.556. The summed E-state index contributed by atoms with van der Waals surface area (Å²) in [7, 11) is 0. The molecule has 1 aliphatic heterocycles. The first-order valence-electron chi connectivity index (χ1n) is 4.82. The molecule has 1 fully saturated rings. The summed E-state index contributed by atoms with van der Waals surface area (Å²) in [6.07, 6.45) is 1.69. The van der Waals surface area contributed by atoms with Gasteiger partial charge in [-0.1, -0.05) is 0 Å². The average Bonchev–Trinajstić information content (AvgIpc) is 2.71. The summed E-state index contributed by atoms with van der Waals surface area (Å²) in [5.74, 6) is 2.04. The Labute approximate surface area is 97.1 Å². The Kier molecular flexibility index (Phi) is 3.48. The van der Waals surface area contributed by atoms with E-state index in [-0.39, 0.29) is 6.03 Å². The van der Waals surface area contributed by atoms with E-state index in [1.807, 2.05) is 22.0 Å². The van der Waals surface area contributed by atoms with Crippen LogP contribution in [-0.4, -0.2) is 40.0 Å². The lowest BCUT2D eigenvalue weighted by Gasteiger charge is -2.32. The minimum absolute atomic E-state index is 0.0299. The van der Waals surface area contributed by atoms with Crippen LogP contribution in [-0.2, 0) is 0 Å². The number of nitrogens with one attached hydrogen (secondary N) is 1. The Hall–Kier alpha value is -0.750. The summed E-state index contributed by atoms with van der Waals surface area (Å²) in [5.41, 5.74) is 0. The van der Waals surface area contributed by atoms with Crippen molar-refractivity contribution in [2.24, 2.45) is 0 Å². The molecule has 4 nitrogen and oxygen atoms in total. The van der Waals surface area contributed by atoms with Gasteiger partial charge in [0, 0.05) is 35.7 Å². The van der Waals surface area contributed by atoms with Gasteiger partial charge in [0.2, 0.25) is 0 Å². The fourth-order valence-electron chi connectivity index (χ4n) is 1.48. The second-order valence-corrected chi connectivity index (χ2v) is 5.43. The number of amides is 2. The minimum Gasteiger partial charge on any atom is -0.320 e. The van der Waals surface area contributed by atoms with Gasteiger partial charge in [-0.15, -0.1) is 11.3 Å². The lowest BCUT2D eigenvalue weighted by atomic mass is 10.3. The maximum Gasteiger partial charge on any atom is 0.323 e. The van der Waals surface area contributed by atoms with Crippen molar-refractivity contribution in [3.05, 3.63) is 11.6 Å². The number of carbonyl (C=O) groups excluding carboxylic acids is 1. The highest BCUT2D eigenvalue weighted by Gasteiger charge is 2.23. The summed E-state index contributed by atoms with van der Waals surface area (Å²) in [6, 6.07) is 0.279. The van der Waals surface area contributed by atoms with Gasteiger partial charge < -0.3 is 4.90 Å². The summed E-state index contributed by atoms with van der Waals surface area (Å²) in [5, 5.41) is 5.33. The molecule has 1 atom stereocenters. The molecular weight excluding hydrogens is 230 g/mol. The van der Waals surface area contributed by atoms with Crippen LogP contribution in [0, 0.1) is 0 Å². The zero-order chi connectivity index (χ0) is 10.7. The number of thiazole rings is 1. The van der Waals surface area contributed by atoms with Gasteiger partial charge in [0.15, 0.2) is 5.13 Å². The molecule has 0 radical (unpaired) electrons. The lowest BCUT2D eigenvalue weighted by Crippen LogP contribution is -2.46. The number of carbonyl (C=O) groups is 1. The van der Waals surface area contributed by atoms with E-state index in [2.05, 4.69) is 17.2 Å². The molecule has 2 rings (SSSR count). The largest absolute Gasteiger partial charge is 0.323 e. The van der Waals surface area contributed by atoms with E-state index in [0.717, 1.165) is 18.1 Å². The normalized spacial score (nSPS) is 21.4. The van der Waals surface area contributed by atoms with Crippen LogP contribution in [0.25, 0.3) is 0 Å². The van der Waals surface area contributed by atoms with E-state index >= 15 is 0 Å². The molecule has 15 heavy (non-hydrogen) atoms. The van der Waals surface area contributed by atoms with Gasteiger partial charge in [-0.05, 0) is 6.92 Å². The van der Waals surface area contributed by atoms with Crippen molar-refractivity contribution < 1.29 is 4.79 Å². The SMILES string of the molecule is C[C@@H]1CSCCN1C(=O)Nc1nccs1. The van der Waals surface area contributed by atoms with Crippen molar-refractivity contribution in [2.75, 3.05) is 23.4 Å². The first-order chi connectivity index (χ1) is 7.27. The standard InChI is InChI=1S/C9H13N3OS2/c1-7-6-14-5-3-12(7)9(13)11-8-10-2-4-15-8/h2,4,7H,3,5-6H2,1H3,(H,10,11,13)/t7-/m1/s1. The van der Waals surface area contributed by atoms with Crippen LogP contribution in [0.1, 0.15) is 6.92 Å². The minimum atomic E-state index is -0.0299. The molecule has 2 amide bonds. The van der Waals surface area contributed by atoms with Crippen molar-refractivity contribution >= 4 is 34.3 Å². The quantitative estimate of drug-likeness (QED) is 0.821. The van der Waals surface area contributed by atoms with E-state index in [0.29, 0.717) is 11.2 Å². The second kappa shape index (κ2) is 4.85. The number of hydrogen-bond donors (Lipinski definition) is 1. The number of hydrogen-bond acceptors (Lipinski definition) is 4. The van der Waals surface area contributed by atoms with Crippen LogP contribution in [0.3, 0.4) is 0 Å². The van der Waals surface area contributed by atoms with Crippen LogP contribution >= 0.6 is 23.1 Å². The predicted octanol–water partition coefficient (Wildman–Crippen LogP) is 2.11. The van der Waals surface area contributed by atoms with Crippen molar-refractivity contribution in [1.82, 2.24) is 9.88 Å². The molecule has 0 aliphatic carbocycles. The molecule has 1 N–H and O–H groups in total. The monoisotopic (exact) mass is 243 g/mol. The van der Waals surface area contributed by atoms with Gasteiger partial charge in [-0.3, -0.25) is 5.32 Å². The molecule has 6 heteroatoms. The maximum absolute atomic E-state index is 11.8. The number of aromatic nitrogens is 1. The van der Waals surface area contributed by atoms with Crippen LogP contribution < -0.4 is 5.32 Å². The molecule has 1 saturated heterocycles. The molecule has 1 aliphatic rings. The Morgan fingerprint density at radius 2 is 2.60 bits per heavy atom. The first kappa shape index (κ1) is 10.8. The van der Waals surface area contributed by atoms with Gasteiger partial charge in [-0.2, -0.15) is 11.8 Å². The third-order valence-corrected chi connectivity index (χ3v) is 4.15. The molecule has 1 aromatic rings. The van der Waals surface area contributed by atoms with E-state index in [1.54, 1.807) is 6.20 Å². The van der Waals surface area contributed by atoms with Gasteiger partial charge in [0.25, 0.3) is 0 Å². The highest BCUT2D eigenvalue weighted by Crippen LogP contribution is 2.18. The first-order valence-corrected chi connectivity index (χ1v) is 6.85. The summed E-state index contributed by atoms with van der Waals surface area (Å²) in [4.78, 5) is 17.8. The predicted molar refractivity (Wildman–Crippen MR) is 64.6 cm³/mol. The van der Waals surface area contributed by atoms with Crippen LogP contribution in [0.15, 0.2) is 11.6 Å². The van der Waals surface area contributed by atoms with Crippen molar-refractivity contribution in [3.8, 4) is 0 Å². The number of urea groups is 1. The molecule has 0 unspecified atom stereocenters. The maximum atomic E-state index is 11.8. The zero-order valence-corrected chi connectivity index (χ0v) is 10.1.